The summed E-state index contributed by atoms with van der Waals surface area (Å²) in [7, 11) is 0. The Morgan fingerprint density at radius 3 is 2.52 bits per heavy atom. The van der Waals surface area contributed by atoms with Crippen LogP contribution in [0.4, 0.5) is 0 Å². The molecule has 6 heteroatoms. The second-order valence-corrected chi connectivity index (χ2v) is 5.25. The van der Waals surface area contributed by atoms with Crippen LogP contribution in [0.2, 0.25) is 0 Å². The first kappa shape index (κ1) is 16.6. The van der Waals surface area contributed by atoms with Gasteiger partial charge in [0.25, 0.3) is 5.91 Å². The van der Waals surface area contributed by atoms with Crippen molar-refractivity contribution in [2.45, 2.75) is 32.7 Å². The van der Waals surface area contributed by atoms with Crippen molar-refractivity contribution in [3.05, 3.63) is 58.9 Å². The number of carboxylic acid groups (broad SMARTS) is 1. The van der Waals surface area contributed by atoms with E-state index in [2.05, 4.69) is 15.5 Å². The van der Waals surface area contributed by atoms with Crippen LogP contribution in [0, 0.1) is 6.92 Å². The number of amides is 1. The molecule has 2 rings (SSSR count). The van der Waals surface area contributed by atoms with Crippen molar-refractivity contribution in [3.8, 4) is 0 Å². The highest BCUT2D eigenvalue weighted by Gasteiger charge is 2.22. The number of rotatable bonds is 6. The number of carbonyl (C=O) groups excluding carboxylic acids is 1. The minimum absolute atomic E-state index is 0.223. The second kappa shape index (κ2) is 7.49. The third-order valence-corrected chi connectivity index (χ3v) is 3.46. The van der Waals surface area contributed by atoms with Gasteiger partial charge in [0.1, 0.15) is 6.04 Å². The van der Waals surface area contributed by atoms with Crippen LogP contribution in [-0.4, -0.2) is 33.2 Å². The molecule has 0 aliphatic carbocycles. The molecule has 6 nitrogen and oxygen atoms in total. The van der Waals surface area contributed by atoms with E-state index in [0.29, 0.717) is 23.4 Å². The summed E-state index contributed by atoms with van der Waals surface area (Å²) in [6.07, 6.45) is 0.771. The first-order chi connectivity index (χ1) is 11.0. The summed E-state index contributed by atoms with van der Waals surface area (Å²) in [4.78, 5) is 23.9. The molecule has 1 aromatic heterocycles. The molecule has 0 saturated carbocycles. The second-order valence-electron chi connectivity index (χ2n) is 5.25. The van der Waals surface area contributed by atoms with E-state index in [1.807, 2.05) is 37.3 Å². The maximum Gasteiger partial charge on any atom is 0.326 e. The molecule has 1 atom stereocenters. The Bertz CT molecular complexity index is 701. The molecule has 2 aromatic rings. The fourth-order valence-electron chi connectivity index (χ4n) is 2.26. The SMILES string of the molecule is CCc1nnc(C)cc1C(=O)N[C@H](Cc1ccccc1)C(=O)O. The molecule has 0 radical (unpaired) electrons. The van der Waals surface area contributed by atoms with Crippen LogP contribution >= 0.6 is 0 Å². The summed E-state index contributed by atoms with van der Waals surface area (Å²) in [6, 6.07) is 9.82. The first-order valence-electron chi connectivity index (χ1n) is 7.42. The number of hydrogen-bond donors (Lipinski definition) is 2. The summed E-state index contributed by atoms with van der Waals surface area (Å²) in [5.74, 6) is -1.51. The van der Waals surface area contributed by atoms with Gasteiger partial charge in [0.05, 0.1) is 17.0 Å². The Labute approximate surface area is 134 Å². The minimum atomic E-state index is -1.07. The lowest BCUT2D eigenvalue weighted by molar-refractivity contribution is -0.139. The topological polar surface area (TPSA) is 92.2 Å². The third kappa shape index (κ3) is 4.35. The van der Waals surface area contributed by atoms with Crippen LogP contribution in [-0.2, 0) is 17.6 Å². The molecule has 1 heterocycles. The van der Waals surface area contributed by atoms with E-state index in [9.17, 15) is 14.7 Å². The van der Waals surface area contributed by atoms with Gasteiger partial charge in [0.15, 0.2) is 0 Å². The molecule has 0 unspecified atom stereocenters. The zero-order valence-corrected chi connectivity index (χ0v) is 13.1. The van der Waals surface area contributed by atoms with Crippen molar-refractivity contribution in [3.63, 3.8) is 0 Å². The smallest absolute Gasteiger partial charge is 0.326 e. The molecule has 0 bridgehead atoms. The van der Waals surface area contributed by atoms with Crippen LogP contribution in [0.25, 0.3) is 0 Å². The lowest BCUT2D eigenvalue weighted by Gasteiger charge is -2.15. The Hall–Kier alpha value is -2.76. The van der Waals surface area contributed by atoms with Crippen LogP contribution in [0.1, 0.15) is 34.2 Å². The number of nitrogens with one attached hydrogen (secondary N) is 1. The summed E-state index contributed by atoms with van der Waals surface area (Å²) in [5.41, 5.74) is 2.39. The average Bonchev–Trinajstić information content (AvgIpc) is 2.55. The zero-order chi connectivity index (χ0) is 16.8. The van der Waals surface area contributed by atoms with Crippen molar-refractivity contribution < 1.29 is 14.7 Å². The van der Waals surface area contributed by atoms with Gasteiger partial charge in [-0.25, -0.2) is 4.79 Å². The highest BCUT2D eigenvalue weighted by atomic mass is 16.4. The zero-order valence-electron chi connectivity index (χ0n) is 13.1. The van der Waals surface area contributed by atoms with Crippen LogP contribution in [0.3, 0.4) is 0 Å². The molecule has 120 valence electrons. The van der Waals surface area contributed by atoms with Crippen molar-refractivity contribution >= 4 is 11.9 Å². The Kier molecular flexibility index (Phi) is 5.41. The molecule has 1 aromatic carbocycles. The number of hydrogen-bond acceptors (Lipinski definition) is 4. The van der Waals surface area contributed by atoms with Crippen molar-refractivity contribution in [1.29, 1.82) is 0 Å². The Morgan fingerprint density at radius 1 is 1.22 bits per heavy atom. The maximum atomic E-state index is 12.4. The lowest BCUT2D eigenvalue weighted by atomic mass is 10.0. The predicted molar refractivity (Wildman–Crippen MR) is 85.2 cm³/mol. The highest BCUT2D eigenvalue weighted by Crippen LogP contribution is 2.09. The monoisotopic (exact) mass is 313 g/mol. The largest absolute Gasteiger partial charge is 0.480 e. The summed E-state index contributed by atoms with van der Waals surface area (Å²) in [6.45, 7) is 3.61. The standard InChI is InChI=1S/C17H19N3O3/c1-3-14-13(9-11(2)19-20-14)16(21)18-15(17(22)23)10-12-7-5-4-6-8-12/h4-9,15H,3,10H2,1-2H3,(H,18,21)(H,22,23)/t15-/m1/s1. The van der Waals surface area contributed by atoms with Crippen molar-refractivity contribution in [1.82, 2.24) is 15.5 Å². The fourth-order valence-corrected chi connectivity index (χ4v) is 2.26. The Balaban J connectivity index is 2.18. The van der Waals surface area contributed by atoms with Crippen molar-refractivity contribution in [2.24, 2.45) is 0 Å². The number of carboxylic acids is 1. The fraction of sp³-hybridized carbons (Fsp3) is 0.294. The highest BCUT2D eigenvalue weighted by molar-refractivity contribution is 5.97. The van der Waals surface area contributed by atoms with Gasteiger partial charge in [-0.1, -0.05) is 37.3 Å². The Morgan fingerprint density at radius 2 is 1.91 bits per heavy atom. The average molecular weight is 313 g/mol. The minimum Gasteiger partial charge on any atom is -0.480 e. The van der Waals surface area contributed by atoms with Gasteiger partial charge in [-0.3, -0.25) is 4.79 Å². The molecule has 0 fully saturated rings. The summed E-state index contributed by atoms with van der Waals surface area (Å²) in [5, 5.41) is 19.9. The summed E-state index contributed by atoms with van der Waals surface area (Å²) >= 11 is 0. The molecule has 0 aliphatic rings. The van der Waals surface area contributed by atoms with E-state index in [-0.39, 0.29) is 6.42 Å². The van der Waals surface area contributed by atoms with Gasteiger partial charge < -0.3 is 10.4 Å². The van der Waals surface area contributed by atoms with Gasteiger partial charge in [-0.05, 0) is 25.0 Å². The molecule has 23 heavy (non-hydrogen) atoms. The van der Waals surface area contributed by atoms with E-state index >= 15 is 0 Å². The first-order valence-corrected chi connectivity index (χ1v) is 7.42. The van der Waals surface area contributed by atoms with E-state index < -0.39 is 17.9 Å². The van der Waals surface area contributed by atoms with Crippen LogP contribution < -0.4 is 5.32 Å². The van der Waals surface area contributed by atoms with E-state index in [1.165, 1.54) is 0 Å². The number of aliphatic carboxylic acids is 1. The number of aryl methyl sites for hydroxylation is 2. The van der Waals surface area contributed by atoms with Gasteiger partial charge >= 0.3 is 5.97 Å². The predicted octanol–water partition coefficient (Wildman–Crippen LogP) is 1.77. The van der Waals surface area contributed by atoms with E-state index in [0.717, 1.165) is 5.56 Å². The normalized spacial score (nSPS) is 11.7. The molecule has 0 aliphatic heterocycles. The molecule has 0 saturated heterocycles. The van der Waals surface area contributed by atoms with Crippen LogP contribution in [0.15, 0.2) is 36.4 Å². The van der Waals surface area contributed by atoms with E-state index in [4.69, 9.17) is 0 Å². The number of benzene rings is 1. The summed E-state index contributed by atoms with van der Waals surface area (Å²) < 4.78 is 0. The molecular formula is C17H19N3O3. The molecule has 0 spiro atoms. The van der Waals surface area contributed by atoms with Crippen molar-refractivity contribution in [2.75, 3.05) is 0 Å². The molecule has 1 amide bonds. The van der Waals surface area contributed by atoms with Crippen LogP contribution in [0.5, 0.6) is 0 Å². The quantitative estimate of drug-likeness (QED) is 0.848. The number of carbonyl (C=O) groups is 2. The molecular weight excluding hydrogens is 294 g/mol. The third-order valence-electron chi connectivity index (χ3n) is 3.46. The van der Waals surface area contributed by atoms with Gasteiger partial charge in [-0.2, -0.15) is 10.2 Å². The van der Waals surface area contributed by atoms with Gasteiger partial charge in [-0.15, -0.1) is 0 Å². The maximum absolute atomic E-state index is 12.4. The van der Waals surface area contributed by atoms with Gasteiger partial charge in [0, 0.05) is 6.42 Å². The number of aromatic nitrogens is 2. The van der Waals surface area contributed by atoms with E-state index in [1.54, 1.807) is 13.0 Å². The number of nitrogens with zero attached hydrogens (tertiary/aromatic N) is 2. The lowest BCUT2D eigenvalue weighted by Crippen LogP contribution is -2.42. The molecule has 2 N–H and O–H groups in total. The van der Waals surface area contributed by atoms with Gasteiger partial charge in [0.2, 0.25) is 0 Å².